The molecule has 0 saturated carbocycles. The SMILES string of the molecule is Cc1cccc(N(c2cccc(C)c2)c2ccc3c(c2)[Si](c2ccccc2)(c2ccccc2)c2cc(N(c4cccc(C)c4)c4cccc(C)c4)ccc2N3c2cc3c4c(c2)Sc2ccccc2B4c2ccccc2O3)c1. The molecule has 3 aliphatic rings. The van der Waals surface area contributed by atoms with E-state index in [4.69, 9.17) is 4.74 Å². The summed E-state index contributed by atoms with van der Waals surface area (Å²) >= 11 is 1.86. The zero-order valence-corrected chi connectivity index (χ0v) is 45.3. The van der Waals surface area contributed by atoms with Crippen molar-refractivity contribution in [2.75, 3.05) is 14.7 Å². The van der Waals surface area contributed by atoms with Crippen molar-refractivity contribution in [3.05, 3.63) is 277 Å². The first-order valence-electron chi connectivity index (χ1n) is 26.6. The smallest absolute Gasteiger partial charge is 0.253 e. The Balaban J connectivity index is 1.10. The molecule has 3 heterocycles. The minimum absolute atomic E-state index is 0.0576. The molecular formula is C70H54BN3OSSi. The van der Waals surface area contributed by atoms with Crippen LogP contribution in [0.25, 0.3) is 0 Å². The second kappa shape index (κ2) is 18.8. The van der Waals surface area contributed by atoms with E-state index in [-0.39, 0.29) is 6.71 Å². The van der Waals surface area contributed by atoms with Gasteiger partial charge in [0.2, 0.25) is 0 Å². The van der Waals surface area contributed by atoms with Gasteiger partial charge in [-0.05, 0) is 185 Å². The van der Waals surface area contributed by atoms with Crippen LogP contribution in [0.1, 0.15) is 22.3 Å². The maximum atomic E-state index is 7.12. The van der Waals surface area contributed by atoms with Gasteiger partial charge in [0.05, 0.1) is 5.69 Å². The Bertz CT molecular complexity index is 3760. The number of nitrogens with zero attached hydrogens (tertiary/aromatic N) is 3. The lowest BCUT2D eigenvalue weighted by Gasteiger charge is -2.46. The fraction of sp³-hybridized carbons (Fsp3) is 0.0571. The van der Waals surface area contributed by atoms with Crippen molar-refractivity contribution in [1.29, 1.82) is 0 Å². The topological polar surface area (TPSA) is 19.0 Å². The van der Waals surface area contributed by atoms with E-state index in [1.165, 1.54) is 69.2 Å². The Morgan fingerprint density at radius 1 is 0.377 bits per heavy atom. The first-order chi connectivity index (χ1) is 37.8. The lowest BCUT2D eigenvalue weighted by Crippen LogP contribution is -2.77. The Kier molecular flexibility index (Phi) is 11.4. The summed E-state index contributed by atoms with van der Waals surface area (Å²) < 4.78 is 7.12. The molecule has 0 aliphatic carbocycles. The lowest BCUT2D eigenvalue weighted by molar-refractivity contribution is 0.486. The summed E-state index contributed by atoms with van der Waals surface area (Å²) in [5.74, 6) is 1.80. The molecule has 4 nitrogen and oxygen atoms in total. The molecule has 14 rings (SSSR count). The number of anilines is 9. The van der Waals surface area contributed by atoms with E-state index in [1.807, 2.05) is 11.8 Å². The highest BCUT2D eigenvalue weighted by molar-refractivity contribution is 8.00. The quantitative estimate of drug-likeness (QED) is 0.134. The van der Waals surface area contributed by atoms with Gasteiger partial charge in [0.25, 0.3) is 6.71 Å². The van der Waals surface area contributed by atoms with Gasteiger partial charge in [-0.3, -0.25) is 0 Å². The van der Waals surface area contributed by atoms with Gasteiger partial charge in [0, 0.05) is 61.4 Å². The normalized spacial score (nSPS) is 13.3. The molecule has 7 heteroatoms. The zero-order chi connectivity index (χ0) is 51.8. The van der Waals surface area contributed by atoms with Gasteiger partial charge in [0.15, 0.2) is 8.07 Å². The average Bonchev–Trinajstić information content (AvgIpc) is 3.45. The van der Waals surface area contributed by atoms with E-state index in [9.17, 15) is 0 Å². The molecule has 0 saturated heterocycles. The van der Waals surface area contributed by atoms with Crippen molar-refractivity contribution in [1.82, 2.24) is 0 Å². The summed E-state index contributed by atoms with van der Waals surface area (Å²) in [6.45, 7) is 8.80. The Labute approximate surface area is 457 Å². The first-order valence-corrected chi connectivity index (χ1v) is 29.4. The van der Waals surface area contributed by atoms with Crippen molar-refractivity contribution >= 4 is 115 Å². The molecule has 0 radical (unpaired) electrons. The molecule has 11 aromatic rings. The van der Waals surface area contributed by atoms with Gasteiger partial charge in [-0.1, -0.05) is 163 Å². The predicted octanol–water partition coefficient (Wildman–Crippen LogP) is 14.1. The van der Waals surface area contributed by atoms with Crippen molar-refractivity contribution < 1.29 is 4.74 Å². The molecule has 77 heavy (non-hydrogen) atoms. The van der Waals surface area contributed by atoms with Crippen molar-refractivity contribution in [3.63, 3.8) is 0 Å². The fourth-order valence-corrected chi connectivity index (χ4v) is 18.8. The van der Waals surface area contributed by atoms with E-state index < -0.39 is 8.07 Å². The number of rotatable bonds is 9. The van der Waals surface area contributed by atoms with E-state index in [2.05, 4.69) is 297 Å². The van der Waals surface area contributed by atoms with Crippen LogP contribution < -0.4 is 56.6 Å². The fourth-order valence-electron chi connectivity index (χ4n) is 12.5. The maximum Gasteiger partial charge on any atom is 0.253 e. The van der Waals surface area contributed by atoms with Crippen LogP contribution in [-0.4, -0.2) is 14.8 Å². The average molecular weight is 1020 g/mol. The van der Waals surface area contributed by atoms with Crippen LogP contribution in [0.2, 0.25) is 0 Å². The van der Waals surface area contributed by atoms with Crippen LogP contribution in [0.5, 0.6) is 11.5 Å². The number of para-hydroxylation sites is 1. The summed E-state index contributed by atoms with van der Waals surface area (Å²) in [7, 11) is -3.33. The van der Waals surface area contributed by atoms with E-state index >= 15 is 0 Å². The van der Waals surface area contributed by atoms with Crippen LogP contribution in [0.4, 0.5) is 51.2 Å². The van der Waals surface area contributed by atoms with Crippen molar-refractivity contribution in [2.24, 2.45) is 0 Å². The summed E-state index contributed by atoms with van der Waals surface area (Å²) in [5.41, 5.74) is 18.6. The molecule has 0 aromatic heterocycles. The summed E-state index contributed by atoms with van der Waals surface area (Å²) in [4.78, 5) is 9.94. The standard InChI is InChI=1S/C70H54BN3OSSi/c1-47-19-15-23-51(39-47)72(52-24-16-20-48(2)40-52)55-35-37-62-68(45-55)77(58-27-7-5-8-28-58,59-29-9-6-10-30-59)69-46-56(73(53-25-17-21-49(3)41-53)54-26-18-22-50(4)42-54)36-38-63(69)74(62)57-43-65-70-67(44-57)76-66-34-14-12-32-61(66)71(70)60-31-11-13-33-64(60)75-65/h5-46H,1-4H3. The molecule has 0 atom stereocenters. The third kappa shape index (κ3) is 7.83. The van der Waals surface area contributed by atoms with Crippen molar-refractivity contribution in [3.8, 4) is 11.5 Å². The molecule has 3 aliphatic heterocycles. The largest absolute Gasteiger partial charge is 0.458 e. The van der Waals surface area contributed by atoms with Gasteiger partial charge in [-0.15, -0.1) is 0 Å². The van der Waals surface area contributed by atoms with Crippen LogP contribution in [0.3, 0.4) is 0 Å². The van der Waals surface area contributed by atoms with E-state index in [0.29, 0.717) is 0 Å². The second-order valence-electron chi connectivity index (χ2n) is 20.8. The van der Waals surface area contributed by atoms with Crippen LogP contribution in [0, 0.1) is 27.7 Å². The van der Waals surface area contributed by atoms with Gasteiger partial charge < -0.3 is 19.4 Å². The third-order valence-electron chi connectivity index (χ3n) is 15.8. The van der Waals surface area contributed by atoms with Gasteiger partial charge in [-0.25, -0.2) is 0 Å². The molecule has 0 amide bonds. The lowest BCUT2D eigenvalue weighted by atomic mass is 9.35. The number of benzene rings is 11. The molecule has 0 spiro atoms. The minimum atomic E-state index is -3.33. The zero-order valence-electron chi connectivity index (χ0n) is 43.5. The molecule has 11 aromatic carbocycles. The van der Waals surface area contributed by atoms with E-state index in [0.717, 1.165) is 62.7 Å². The summed E-state index contributed by atoms with van der Waals surface area (Å²) in [6, 6.07) is 95.4. The summed E-state index contributed by atoms with van der Waals surface area (Å²) in [6.07, 6.45) is 0. The monoisotopic (exact) mass is 1020 g/mol. The maximum absolute atomic E-state index is 7.12. The minimum Gasteiger partial charge on any atom is -0.458 e. The molecule has 0 fully saturated rings. The van der Waals surface area contributed by atoms with Crippen LogP contribution >= 0.6 is 11.8 Å². The van der Waals surface area contributed by atoms with Crippen LogP contribution in [-0.2, 0) is 0 Å². The molecule has 0 N–H and O–H groups in total. The number of aryl methyl sites for hydroxylation is 4. The second-order valence-corrected chi connectivity index (χ2v) is 25.6. The number of fused-ring (bicyclic) bond motifs is 6. The van der Waals surface area contributed by atoms with Crippen LogP contribution in [0.15, 0.2) is 265 Å². The van der Waals surface area contributed by atoms with Crippen molar-refractivity contribution in [2.45, 2.75) is 37.5 Å². The number of hydrogen-bond donors (Lipinski definition) is 0. The number of hydrogen-bond acceptors (Lipinski definition) is 5. The highest BCUT2D eigenvalue weighted by atomic mass is 32.2. The van der Waals surface area contributed by atoms with Gasteiger partial charge >= 0.3 is 0 Å². The van der Waals surface area contributed by atoms with E-state index in [1.54, 1.807) is 0 Å². The Morgan fingerprint density at radius 2 is 0.818 bits per heavy atom. The summed E-state index contributed by atoms with van der Waals surface area (Å²) in [5, 5.41) is 5.23. The Hall–Kier alpha value is -8.75. The van der Waals surface area contributed by atoms with Gasteiger partial charge in [0.1, 0.15) is 11.5 Å². The first kappa shape index (κ1) is 46.8. The highest BCUT2D eigenvalue weighted by Gasteiger charge is 2.50. The number of ether oxygens (including phenoxy) is 1. The molecule has 368 valence electrons. The van der Waals surface area contributed by atoms with Gasteiger partial charge in [-0.2, -0.15) is 0 Å². The molecule has 0 unspecified atom stereocenters. The molecule has 0 bridgehead atoms. The Morgan fingerprint density at radius 3 is 1.31 bits per heavy atom. The highest BCUT2D eigenvalue weighted by Crippen LogP contribution is 2.47. The molecular weight excluding hydrogens is 970 g/mol. The third-order valence-corrected chi connectivity index (χ3v) is 21.7. The predicted molar refractivity (Wildman–Crippen MR) is 328 cm³/mol.